The van der Waals surface area contributed by atoms with Gasteiger partial charge in [-0.05, 0) is 33.2 Å². The number of nitrogens with one attached hydrogen (secondary N) is 1. The van der Waals surface area contributed by atoms with E-state index in [9.17, 15) is 8.42 Å². The highest BCUT2D eigenvalue weighted by atomic mass is 32.2. The summed E-state index contributed by atoms with van der Waals surface area (Å²) in [5.74, 6) is 0. The lowest BCUT2D eigenvalue weighted by molar-refractivity contribution is 0.459. The average molecular weight is 247 g/mol. The quantitative estimate of drug-likeness (QED) is 0.809. The average Bonchev–Trinajstić information content (AvgIpc) is 2.31. The van der Waals surface area contributed by atoms with Crippen LogP contribution in [0.1, 0.15) is 52.4 Å². The third kappa shape index (κ3) is 2.98. The molecule has 0 heterocycles. The van der Waals surface area contributed by atoms with Crippen molar-refractivity contribution in [2.24, 2.45) is 0 Å². The predicted molar refractivity (Wildman–Crippen MR) is 68.4 cm³/mol. The van der Waals surface area contributed by atoms with Gasteiger partial charge in [-0.3, -0.25) is 0 Å². The van der Waals surface area contributed by atoms with Crippen molar-refractivity contribution in [3.8, 4) is 0 Å². The molecule has 0 saturated heterocycles. The lowest BCUT2D eigenvalue weighted by Gasteiger charge is -2.29. The van der Waals surface area contributed by atoms with Gasteiger partial charge in [-0.2, -0.15) is 0 Å². The van der Waals surface area contributed by atoms with E-state index >= 15 is 0 Å². The van der Waals surface area contributed by atoms with E-state index in [0.717, 1.165) is 32.1 Å². The van der Waals surface area contributed by atoms with Gasteiger partial charge < -0.3 is 5.32 Å². The molecule has 0 spiro atoms. The van der Waals surface area contributed by atoms with E-state index < -0.39 is 9.84 Å². The molecule has 0 aromatic heterocycles. The maximum absolute atomic E-state index is 12.4. The Morgan fingerprint density at radius 3 is 2.25 bits per heavy atom. The molecule has 1 aliphatic carbocycles. The molecule has 0 radical (unpaired) electrons. The zero-order valence-electron chi connectivity index (χ0n) is 10.7. The van der Waals surface area contributed by atoms with Crippen molar-refractivity contribution in [1.29, 1.82) is 0 Å². The van der Waals surface area contributed by atoms with Crippen molar-refractivity contribution in [3.05, 3.63) is 0 Å². The van der Waals surface area contributed by atoms with Gasteiger partial charge >= 0.3 is 0 Å². The normalized spacial score (nSPS) is 22.9. The van der Waals surface area contributed by atoms with Gasteiger partial charge in [0, 0.05) is 6.04 Å². The Morgan fingerprint density at radius 1 is 1.25 bits per heavy atom. The Kier molecular flexibility index (Phi) is 5.25. The minimum Gasteiger partial charge on any atom is -0.316 e. The fourth-order valence-electron chi connectivity index (χ4n) is 2.70. The fourth-order valence-corrected chi connectivity index (χ4v) is 5.08. The summed E-state index contributed by atoms with van der Waals surface area (Å²) >= 11 is 0. The van der Waals surface area contributed by atoms with Gasteiger partial charge in [0.25, 0.3) is 0 Å². The van der Waals surface area contributed by atoms with Gasteiger partial charge in [-0.1, -0.05) is 26.2 Å². The highest BCUT2D eigenvalue weighted by Crippen LogP contribution is 2.27. The van der Waals surface area contributed by atoms with Gasteiger partial charge in [-0.15, -0.1) is 0 Å². The molecule has 0 aromatic rings. The largest absolute Gasteiger partial charge is 0.316 e. The predicted octanol–water partition coefficient (Wildman–Crippen LogP) is 2.12. The van der Waals surface area contributed by atoms with E-state index in [1.807, 2.05) is 20.9 Å². The van der Waals surface area contributed by atoms with Gasteiger partial charge in [0.15, 0.2) is 9.84 Å². The Balaban J connectivity index is 2.74. The monoisotopic (exact) mass is 247 g/mol. The second kappa shape index (κ2) is 6.01. The first-order chi connectivity index (χ1) is 7.54. The zero-order chi connectivity index (χ0) is 12.2. The summed E-state index contributed by atoms with van der Waals surface area (Å²) in [4.78, 5) is 0. The van der Waals surface area contributed by atoms with Crippen LogP contribution in [0.4, 0.5) is 0 Å². The van der Waals surface area contributed by atoms with Crippen LogP contribution < -0.4 is 5.32 Å². The second-order valence-corrected chi connectivity index (χ2v) is 7.45. The molecular weight excluding hydrogens is 222 g/mol. The smallest absolute Gasteiger partial charge is 0.157 e. The molecule has 96 valence electrons. The highest BCUT2D eigenvalue weighted by molar-refractivity contribution is 7.92. The molecule has 2 atom stereocenters. The molecular formula is C12H25NO2S. The summed E-state index contributed by atoms with van der Waals surface area (Å²) in [5, 5.41) is 2.77. The van der Waals surface area contributed by atoms with Crippen LogP contribution in [0.25, 0.3) is 0 Å². The van der Waals surface area contributed by atoms with Crippen LogP contribution in [0.15, 0.2) is 0 Å². The van der Waals surface area contributed by atoms with Crippen molar-refractivity contribution in [2.45, 2.75) is 68.9 Å². The number of rotatable bonds is 5. The summed E-state index contributed by atoms with van der Waals surface area (Å²) < 4.78 is 24.8. The topological polar surface area (TPSA) is 46.2 Å². The molecule has 0 aliphatic heterocycles. The molecule has 1 saturated carbocycles. The van der Waals surface area contributed by atoms with Gasteiger partial charge in [-0.25, -0.2) is 8.42 Å². The van der Waals surface area contributed by atoms with Gasteiger partial charge in [0.1, 0.15) is 0 Å². The summed E-state index contributed by atoms with van der Waals surface area (Å²) in [6, 6.07) is 0.0897. The number of hydrogen-bond acceptors (Lipinski definition) is 3. The van der Waals surface area contributed by atoms with Crippen LogP contribution in [-0.4, -0.2) is 32.0 Å². The van der Waals surface area contributed by atoms with E-state index in [1.54, 1.807) is 0 Å². The first-order valence-electron chi connectivity index (χ1n) is 6.44. The lowest BCUT2D eigenvalue weighted by atomic mass is 10.0. The van der Waals surface area contributed by atoms with Crippen molar-refractivity contribution < 1.29 is 8.42 Å². The molecule has 0 amide bonds. The zero-order valence-corrected chi connectivity index (χ0v) is 11.5. The molecule has 0 aromatic carbocycles. The molecule has 4 heteroatoms. The van der Waals surface area contributed by atoms with Crippen molar-refractivity contribution in [3.63, 3.8) is 0 Å². The molecule has 16 heavy (non-hydrogen) atoms. The van der Waals surface area contributed by atoms with Crippen LogP contribution in [0, 0.1) is 0 Å². The first kappa shape index (κ1) is 14.0. The molecule has 2 unspecified atom stereocenters. The molecule has 1 rings (SSSR count). The first-order valence-corrected chi connectivity index (χ1v) is 8.05. The Labute approximate surface area is 99.9 Å². The van der Waals surface area contributed by atoms with E-state index in [-0.39, 0.29) is 16.5 Å². The maximum Gasteiger partial charge on any atom is 0.157 e. The minimum absolute atomic E-state index is 0.0846. The summed E-state index contributed by atoms with van der Waals surface area (Å²) in [6.07, 6.45) is 5.95. The van der Waals surface area contributed by atoms with Crippen LogP contribution in [0.3, 0.4) is 0 Å². The molecule has 1 N–H and O–H groups in total. The van der Waals surface area contributed by atoms with Crippen LogP contribution >= 0.6 is 0 Å². The van der Waals surface area contributed by atoms with Crippen LogP contribution in [-0.2, 0) is 9.84 Å². The number of hydrogen-bond donors (Lipinski definition) is 1. The van der Waals surface area contributed by atoms with E-state index in [0.29, 0.717) is 0 Å². The van der Waals surface area contributed by atoms with Crippen molar-refractivity contribution in [1.82, 2.24) is 5.32 Å². The molecule has 3 nitrogen and oxygen atoms in total. The SMILES string of the molecule is CCC(NC)C(C)S(=O)(=O)C1CCCCC1. The van der Waals surface area contributed by atoms with Crippen LogP contribution in [0.2, 0.25) is 0 Å². The van der Waals surface area contributed by atoms with Crippen molar-refractivity contribution in [2.75, 3.05) is 7.05 Å². The minimum atomic E-state index is -2.95. The molecule has 1 aliphatic rings. The summed E-state index contributed by atoms with van der Waals surface area (Å²) in [6.45, 7) is 3.89. The van der Waals surface area contributed by atoms with Gasteiger partial charge in [0.05, 0.1) is 10.5 Å². The summed E-state index contributed by atoms with van der Waals surface area (Å²) in [7, 11) is -1.10. The highest BCUT2D eigenvalue weighted by Gasteiger charge is 2.35. The molecule has 0 bridgehead atoms. The number of sulfone groups is 1. The third-order valence-electron chi connectivity index (χ3n) is 3.91. The Hall–Kier alpha value is -0.0900. The lowest BCUT2D eigenvalue weighted by Crippen LogP contribution is -2.44. The Morgan fingerprint density at radius 2 is 1.81 bits per heavy atom. The Bertz CT molecular complexity index is 290. The van der Waals surface area contributed by atoms with E-state index in [2.05, 4.69) is 5.32 Å². The van der Waals surface area contributed by atoms with Gasteiger partial charge in [0.2, 0.25) is 0 Å². The standard InChI is InChI=1S/C12H25NO2S/c1-4-12(13-3)10(2)16(14,15)11-8-6-5-7-9-11/h10-13H,4-9H2,1-3H3. The maximum atomic E-state index is 12.4. The third-order valence-corrected chi connectivity index (χ3v) is 6.68. The fraction of sp³-hybridized carbons (Fsp3) is 1.00. The van der Waals surface area contributed by atoms with E-state index in [1.165, 1.54) is 6.42 Å². The second-order valence-electron chi connectivity index (χ2n) is 4.86. The van der Waals surface area contributed by atoms with Crippen molar-refractivity contribution >= 4 is 9.84 Å². The van der Waals surface area contributed by atoms with Crippen LogP contribution in [0.5, 0.6) is 0 Å². The van der Waals surface area contributed by atoms with E-state index in [4.69, 9.17) is 0 Å². The molecule has 1 fully saturated rings. The summed E-state index contributed by atoms with van der Waals surface area (Å²) in [5.41, 5.74) is 0.